The molecule has 4 heteroatoms. The van der Waals surface area contributed by atoms with E-state index in [1.54, 1.807) is 0 Å². The molecule has 1 aliphatic carbocycles. The van der Waals surface area contributed by atoms with Gasteiger partial charge in [-0.1, -0.05) is 12.8 Å². The zero-order chi connectivity index (χ0) is 13.9. The van der Waals surface area contributed by atoms with E-state index in [4.69, 9.17) is 4.74 Å². The van der Waals surface area contributed by atoms with Crippen LogP contribution in [-0.4, -0.2) is 61.5 Å². The number of hydrogen-bond donors (Lipinski definition) is 2. The molecule has 1 aliphatic heterocycles. The zero-order valence-electron chi connectivity index (χ0n) is 12.7. The van der Waals surface area contributed by atoms with Crippen molar-refractivity contribution in [2.75, 3.05) is 39.8 Å². The number of morpholine rings is 1. The van der Waals surface area contributed by atoms with Gasteiger partial charge in [0.25, 0.3) is 0 Å². The monoisotopic (exact) mass is 270 g/mol. The van der Waals surface area contributed by atoms with Gasteiger partial charge in [0.2, 0.25) is 0 Å². The molecule has 0 aromatic carbocycles. The second-order valence-electron chi connectivity index (χ2n) is 7.09. The number of ether oxygens (including phenoxy) is 1. The highest BCUT2D eigenvalue weighted by Gasteiger charge is 2.39. The number of hydrogen-bond acceptors (Lipinski definition) is 4. The molecule has 2 aliphatic rings. The van der Waals surface area contributed by atoms with Crippen molar-refractivity contribution in [1.29, 1.82) is 0 Å². The molecule has 0 spiro atoms. The van der Waals surface area contributed by atoms with Crippen molar-refractivity contribution in [2.45, 2.75) is 51.2 Å². The minimum absolute atomic E-state index is 0.0308. The number of aliphatic hydroxyl groups excluding tert-OH is 1. The van der Waals surface area contributed by atoms with Crippen LogP contribution >= 0.6 is 0 Å². The predicted octanol–water partition coefficient (Wildman–Crippen LogP) is 1.24. The highest BCUT2D eigenvalue weighted by molar-refractivity contribution is 4.92. The van der Waals surface area contributed by atoms with Gasteiger partial charge < -0.3 is 15.2 Å². The maximum Gasteiger partial charge on any atom is 0.0940 e. The molecule has 0 bridgehead atoms. The van der Waals surface area contributed by atoms with Gasteiger partial charge in [-0.25, -0.2) is 0 Å². The van der Waals surface area contributed by atoms with E-state index in [9.17, 15) is 5.11 Å². The quantitative estimate of drug-likeness (QED) is 0.789. The molecular weight excluding hydrogens is 240 g/mol. The summed E-state index contributed by atoms with van der Waals surface area (Å²) >= 11 is 0. The molecule has 0 aromatic heterocycles. The summed E-state index contributed by atoms with van der Waals surface area (Å²) in [5, 5.41) is 12.8. The fourth-order valence-corrected chi connectivity index (χ4v) is 4.00. The topological polar surface area (TPSA) is 44.7 Å². The van der Waals surface area contributed by atoms with E-state index in [1.165, 1.54) is 25.7 Å². The average Bonchev–Trinajstić information content (AvgIpc) is 2.75. The third kappa shape index (κ3) is 3.91. The SMILES string of the molecule is CNCC1(CN2CC(CO)OC(C)(C)C2)CCCC1. The molecule has 2 rings (SSSR count). The van der Waals surface area contributed by atoms with E-state index in [0.717, 1.165) is 26.2 Å². The maximum absolute atomic E-state index is 9.41. The summed E-state index contributed by atoms with van der Waals surface area (Å²) in [6, 6.07) is 0. The van der Waals surface area contributed by atoms with Gasteiger partial charge in [0, 0.05) is 26.2 Å². The standard InChI is InChI=1S/C15H30N2O2/c1-14(2)11-17(8-13(9-18)19-14)12-15(10-16-3)6-4-5-7-15/h13,16,18H,4-12H2,1-3H3. The van der Waals surface area contributed by atoms with Crippen molar-refractivity contribution in [3.63, 3.8) is 0 Å². The Morgan fingerprint density at radius 2 is 2.00 bits per heavy atom. The minimum atomic E-state index is -0.148. The molecule has 0 aromatic rings. The van der Waals surface area contributed by atoms with Crippen molar-refractivity contribution >= 4 is 0 Å². The van der Waals surface area contributed by atoms with E-state index < -0.39 is 0 Å². The highest BCUT2D eigenvalue weighted by atomic mass is 16.5. The molecule has 2 fully saturated rings. The van der Waals surface area contributed by atoms with Gasteiger partial charge in [0.1, 0.15) is 0 Å². The number of nitrogens with zero attached hydrogens (tertiary/aromatic N) is 1. The van der Waals surface area contributed by atoms with Crippen molar-refractivity contribution < 1.29 is 9.84 Å². The fraction of sp³-hybridized carbons (Fsp3) is 1.00. The van der Waals surface area contributed by atoms with Gasteiger partial charge in [0.05, 0.1) is 18.3 Å². The second-order valence-corrected chi connectivity index (χ2v) is 7.09. The van der Waals surface area contributed by atoms with Crippen LogP contribution in [0, 0.1) is 5.41 Å². The first-order chi connectivity index (χ1) is 8.99. The van der Waals surface area contributed by atoms with Crippen LogP contribution in [-0.2, 0) is 4.74 Å². The molecule has 2 N–H and O–H groups in total. The summed E-state index contributed by atoms with van der Waals surface area (Å²) in [4.78, 5) is 2.51. The zero-order valence-corrected chi connectivity index (χ0v) is 12.7. The molecule has 112 valence electrons. The molecule has 1 saturated heterocycles. The van der Waals surface area contributed by atoms with Crippen molar-refractivity contribution in [2.24, 2.45) is 5.41 Å². The van der Waals surface area contributed by atoms with E-state index in [-0.39, 0.29) is 18.3 Å². The fourth-order valence-electron chi connectivity index (χ4n) is 4.00. The van der Waals surface area contributed by atoms with Crippen LogP contribution in [0.25, 0.3) is 0 Å². The number of rotatable bonds is 5. The Balaban J connectivity index is 2.00. The molecule has 4 nitrogen and oxygen atoms in total. The van der Waals surface area contributed by atoms with Crippen LogP contribution in [0.3, 0.4) is 0 Å². The lowest BCUT2D eigenvalue weighted by Gasteiger charge is -2.45. The molecule has 0 amide bonds. The highest BCUT2D eigenvalue weighted by Crippen LogP contribution is 2.39. The van der Waals surface area contributed by atoms with E-state index >= 15 is 0 Å². The third-order valence-corrected chi connectivity index (χ3v) is 4.53. The predicted molar refractivity (Wildman–Crippen MR) is 77.3 cm³/mol. The molecule has 1 heterocycles. The molecular formula is C15H30N2O2. The minimum Gasteiger partial charge on any atom is -0.394 e. The summed E-state index contributed by atoms with van der Waals surface area (Å²) in [7, 11) is 2.06. The molecule has 1 atom stereocenters. The van der Waals surface area contributed by atoms with Gasteiger partial charge in [-0.2, -0.15) is 0 Å². The average molecular weight is 270 g/mol. The van der Waals surface area contributed by atoms with Gasteiger partial charge in [-0.3, -0.25) is 4.90 Å². The van der Waals surface area contributed by atoms with Crippen LogP contribution in [0.15, 0.2) is 0 Å². The maximum atomic E-state index is 9.41. The van der Waals surface area contributed by atoms with Crippen LogP contribution in [0.5, 0.6) is 0 Å². The summed E-state index contributed by atoms with van der Waals surface area (Å²) in [6.45, 7) is 8.45. The van der Waals surface area contributed by atoms with Crippen LogP contribution in [0.2, 0.25) is 0 Å². The molecule has 19 heavy (non-hydrogen) atoms. The van der Waals surface area contributed by atoms with Gasteiger partial charge in [-0.15, -0.1) is 0 Å². The first-order valence-electron chi connectivity index (χ1n) is 7.64. The van der Waals surface area contributed by atoms with E-state index in [1.807, 2.05) is 0 Å². The van der Waals surface area contributed by atoms with Crippen LogP contribution < -0.4 is 5.32 Å². The van der Waals surface area contributed by atoms with Crippen molar-refractivity contribution in [1.82, 2.24) is 10.2 Å². The summed E-state index contributed by atoms with van der Waals surface area (Å²) in [6.07, 6.45) is 5.35. The lowest BCUT2D eigenvalue weighted by molar-refractivity contribution is -0.153. The normalized spacial score (nSPS) is 30.6. The van der Waals surface area contributed by atoms with Gasteiger partial charge >= 0.3 is 0 Å². The lowest BCUT2D eigenvalue weighted by Crippen LogP contribution is -2.56. The Morgan fingerprint density at radius 3 is 2.58 bits per heavy atom. The first-order valence-corrected chi connectivity index (χ1v) is 7.64. The number of nitrogens with one attached hydrogen (secondary N) is 1. The van der Waals surface area contributed by atoms with Crippen LogP contribution in [0.1, 0.15) is 39.5 Å². The Kier molecular flexibility index (Phi) is 4.88. The van der Waals surface area contributed by atoms with Crippen molar-refractivity contribution in [3.05, 3.63) is 0 Å². The summed E-state index contributed by atoms with van der Waals surface area (Å²) in [5.41, 5.74) is 0.285. The Hall–Kier alpha value is -0.160. The molecule has 0 radical (unpaired) electrons. The number of aliphatic hydroxyl groups is 1. The van der Waals surface area contributed by atoms with Crippen LogP contribution in [0.4, 0.5) is 0 Å². The van der Waals surface area contributed by atoms with E-state index in [0.29, 0.717) is 5.41 Å². The third-order valence-electron chi connectivity index (χ3n) is 4.53. The first kappa shape index (κ1) is 15.2. The Labute approximate surface area is 117 Å². The second kappa shape index (κ2) is 6.08. The summed E-state index contributed by atoms with van der Waals surface area (Å²) in [5.74, 6) is 0. The smallest absolute Gasteiger partial charge is 0.0940 e. The molecule has 1 saturated carbocycles. The van der Waals surface area contributed by atoms with Crippen molar-refractivity contribution in [3.8, 4) is 0 Å². The Morgan fingerprint density at radius 1 is 1.32 bits per heavy atom. The van der Waals surface area contributed by atoms with Gasteiger partial charge in [-0.05, 0) is 39.2 Å². The molecule has 1 unspecified atom stereocenters. The van der Waals surface area contributed by atoms with E-state index in [2.05, 4.69) is 31.1 Å². The Bertz CT molecular complexity index is 288. The van der Waals surface area contributed by atoms with Gasteiger partial charge in [0.15, 0.2) is 0 Å². The summed E-state index contributed by atoms with van der Waals surface area (Å²) < 4.78 is 5.90. The lowest BCUT2D eigenvalue weighted by atomic mass is 9.84. The largest absolute Gasteiger partial charge is 0.394 e.